The van der Waals surface area contributed by atoms with Crippen molar-refractivity contribution in [3.8, 4) is 0 Å². The van der Waals surface area contributed by atoms with E-state index >= 15 is 0 Å². The van der Waals surface area contributed by atoms with E-state index in [1.54, 1.807) is 0 Å². The van der Waals surface area contributed by atoms with E-state index in [4.69, 9.17) is 4.74 Å². The van der Waals surface area contributed by atoms with Crippen LogP contribution in [0, 0.1) is 0 Å². The van der Waals surface area contributed by atoms with Gasteiger partial charge in [0, 0.05) is 0 Å². The minimum atomic E-state index is -0.540. The molecule has 0 aromatic heterocycles. The molecule has 0 rings (SSSR count). The second-order valence-electron chi connectivity index (χ2n) is 4.89. The average molecular weight is 244 g/mol. The molecule has 4 heteroatoms. The van der Waals surface area contributed by atoms with E-state index in [9.17, 15) is 4.79 Å². The molecule has 1 N–H and O–H groups in total. The molecule has 0 amide bonds. The summed E-state index contributed by atoms with van der Waals surface area (Å²) in [7, 11) is 4.09. The van der Waals surface area contributed by atoms with E-state index in [0.29, 0.717) is 6.61 Å². The van der Waals surface area contributed by atoms with Crippen LogP contribution in [0.3, 0.4) is 0 Å². The van der Waals surface area contributed by atoms with Gasteiger partial charge < -0.3 is 15.0 Å². The molecule has 0 saturated carbocycles. The smallest absolute Gasteiger partial charge is 0.326 e. The van der Waals surface area contributed by atoms with Crippen LogP contribution in [0.15, 0.2) is 0 Å². The molecule has 0 aliphatic carbocycles. The summed E-state index contributed by atoms with van der Waals surface area (Å²) in [6, 6.07) is 0. The van der Waals surface area contributed by atoms with Gasteiger partial charge in [-0.2, -0.15) is 0 Å². The Morgan fingerprint density at radius 2 is 2.00 bits per heavy atom. The van der Waals surface area contributed by atoms with E-state index in [2.05, 4.69) is 17.1 Å². The highest BCUT2D eigenvalue weighted by Crippen LogP contribution is 2.15. The van der Waals surface area contributed by atoms with Crippen molar-refractivity contribution in [2.45, 2.75) is 45.6 Å². The van der Waals surface area contributed by atoms with Gasteiger partial charge in [0.15, 0.2) is 0 Å². The minimum Gasteiger partial charge on any atom is -0.465 e. The SMILES string of the molecule is CCCNC(C)(CCCN(C)C)C(=O)OCC. The van der Waals surface area contributed by atoms with E-state index < -0.39 is 5.54 Å². The lowest BCUT2D eigenvalue weighted by molar-refractivity contribution is -0.150. The monoisotopic (exact) mass is 244 g/mol. The summed E-state index contributed by atoms with van der Waals surface area (Å²) >= 11 is 0. The predicted molar refractivity (Wildman–Crippen MR) is 71.1 cm³/mol. The lowest BCUT2D eigenvalue weighted by Gasteiger charge is -2.29. The fourth-order valence-corrected chi connectivity index (χ4v) is 1.70. The maximum Gasteiger partial charge on any atom is 0.326 e. The normalized spacial score (nSPS) is 14.7. The van der Waals surface area contributed by atoms with Crippen molar-refractivity contribution < 1.29 is 9.53 Å². The number of hydrogen-bond donors (Lipinski definition) is 1. The molecule has 0 bridgehead atoms. The first-order valence-electron chi connectivity index (χ1n) is 6.53. The highest BCUT2D eigenvalue weighted by atomic mass is 16.5. The fourth-order valence-electron chi connectivity index (χ4n) is 1.70. The second kappa shape index (κ2) is 8.48. The van der Waals surface area contributed by atoms with Gasteiger partial charge in [0.2, 0.25) is 0 Å². The Morgan fingerprint density at radius 3 is 2.47 bits per heavy atom. The van der Waals surface area contributed by atoms with Crippen LogP contribution in [-0.4, -0.2) is 50.2 Å². The van der Waals surface area contributed by atoms with Gasteiger partial charge in [-0.05, 0) is 60.3 Å². The van der Waals surface area contributed by atoms with E-state index in [1.807, 2.05) is 27.9 Å². The lowest BCUT2D eigenvalue weighted by atomic mass is 9.95. The first kappa shape index (κ1) is 16.4. The number of hydrogen-bond acceptors (Lipinski definition) is 4. The molecule has 1 atom stereocenters. The number of ether oxygens (including phenoxy) is 1. The Balaban J connectivity index is 4.32. The third-order valence-electron chi connectivity index (χ3n) is 2.77. The lowest BCUT2D eigenvalue weighted by Crippen LogP contribution is -2.51. The van der Waals surface area contributed by atoms with Gasteiger partial charge in [-0.15, -0.1) is 0 Å². The van der Waals surface area contributed by atoms with Crippen molar-refractivity contribution in [3.05, 3.63) is 0 Å². The van der Waals surface area contributed by atoms with Crippen molar-refractivity contribution in [1.82, 2.24) is 10.2 Å². The van der Waals surface area contributed by atoms with Crippen molar-refractivity contribution in [1.29, 1.82) is 0 Å². The number of carbonyl (C=O) groups excluding carboxylic acids is 1. The molecule has 0 aromatic carbocycles. The zero-order valence-corrected chi connectivity index (χ0v) is 12.0. The van der Waals surface area contributed by atoms with Gasteiger partial charge in [0.05, 0.1) is 6.61 Å². The van der Waals surface area contributed by atoms with Crippen LogP contribution in [0.5, 0.6) is 0 Å². The summed E-state index contributed by atoms with van der Waals surface area (Å²) in [5.41, 5.74) is -0.540. The van der Waals surface area contributed by atoms with Gasteiger partial charge in [0.25, 0.3) is 0 Å². The van der Waals surface area contributed by atoms with Crippen LogP contribution in [0.2, 0.25) is 0 Å². The maximum atomic E-state index is 11.9. The molecule has 0 spiro atoms. The standard InChI is InChI=1S/C13H28N2O2/c1-6-10-14-13(3,12(16)17-7-2)9-8-11-15(4)5/h14H,6-11H2,1-5H3. The first-order valence-corrected chi connectivity index (χ1v) is 6.53. The quantitative estimate of drug-likeness (QED) is 0.626. The number of nitrogens with one attached hydrogen (secondary N) is 1. The average Bonchev–Trinajstić information content (AvgIpc) is 2.26. The van der Waals surface area contributed by atoms with Crippen molar-refractivity contribution >= 4 is 5.97 Å². The van der Waals surface area contributed by atoms with Gasteiger partial charge in [-0.3, -0.25) is 4.79 Å². The minimum absolute atomic E-state index is 0.132. The molecule has 0 aromatic rings. The van der Waals surface area contributed by atoms with E-state index in [0.717, 1.165) is 32.4 Å². The van der Waals surface area contributed by atoms with Gasteiger partial charge >= 0.3 is 5.97 Å². The molecule has 0 heterocycles. The first-order chi connectivity index (χ1) is 7.96. The molecule has 4 nitrogen and oxygen atoms in total. The summed E-state index contributed by atoms with van der Waals surface area (Å²) < 4.78 is 5.15. The third-order valence-corrected chi connectivity index (χ3v) is 2.77. The van der Waals surface area contributed by atoms with Crippen LogP contribution >= 0.6 is 0 Å². The van der Waals surface area contributed by atoms with Crippen LogP contribution in [-0.2, 0) is 9.53 Å². The summed E-state index contributed by atoms with van der Waals surface area (Å²) in [6.45, 7) is 8.16. The second-order valence-corrected chi connectivity index (χ2v) is 4.89. The molecular formula is C13H28N2O2. The third kappa shape index (κ3) is 6.64. The zero-order chi connectivity index (χ0) is 13.3. The van der Waals surface area contributed by atoms with Crippen molar-refractivity contribution in [3.63, 3.8) is 0 Å². The Labute approximate surface area is 106 Å². The van der Waals surface area contributed by atoms with Crippen molar-refractivity contribution in [2.24, 2.45) is 0 Å². The molecule has 0 radical (unpaired) electrons. The molecule has 1 unspecified atom stereocenters. The summed E-state index contributed by atoms with van der Waals surface area (Å²) in [6.07, 6.45) is 2.81. The molecule has 102 valence electrons. The number of rotatable bonds is 9. The molecule has 0 saturated heterocycles. The summed E-state index contributed by atoms with van der Waals surface area (Å²) in [4.78, 5) is 14.1. The Hall–Kier alpha value is -0.610. The van der Waals surface area contributed by atoms with Gasteiger partial charge in [0.1, 0.15) is 5.54 Å². The molecule has 17 heavy (non-hydrogen) atoms. The number of carbonyl (C=O) groups is 1. The predicted octanol–water partition coefficient (Wildman–Crippen LogP) is 1.65. The topological polar surface area (TPSA) is 41.6 Å². The highest BCUT2D eigenvalue weighted by Gasteiger charge is 2.33. The fraction of sp³-hybridized carbons (Fsp3) is 0.923. The Bertz CT molecular complexity index is 219. The summed E-state index contributed by atoms with van der Waals surface area (Å²) in [5, 5.41) is 3.31. The highest BCUT2D eigenvalue weighted by molar-refractivity contribution is 5.80. The molecule has 0 aliphatic heterocycles. The maximum absolute atomic E-state index is 11.9. The summed E-state index contributed by atoms with van der Waals surface area (Å²) in [5.74, 6) is -0.132. The van der Waals surface area contributed by atoms with Gasteiger partial charge in [-0.25, -0.2) is 0 Å². The van der Waals surface area contributed by atoms with E-state index in [-0.39, 0.29) is 5.97 Å². The van der Waals surface area contributed by atoms with Crippen LogP contribution in [0.4, 0.5) is 0 Å². The number of nitrogens with zero attached hydrogens (tertiary/aromatic N) is 1. The molecule has 0 fully saturated rings. The van der Waals surface area contributed by atoms with Crippen molar-refractivity contribution in [2.75, 3.05) is 33.8 Å². The van der Waals surface area contributed by atoms with Crippen LogP contribution in [0.25, 0.3) is 0 Å². The van der Waals surface area contributed by atoms with Crippen LogP contribution in [0.1, 0.15) is 40.0 Å². The zero-order valence-electron chi connectivity index (χ0n) is 12.0. The molecular weight excluding hydrogens is 216 g/mol. The Kier molecular flexibility index (Phi) is 8.17. The largest absolute Gasteiger partial charge is 0.465 e. The van der Waals surface area contributed by atoms with E-state index in [1.165, 1.54) is 0 Å². The van der Waals surface area contributed by atoms with Gasteiger partial charge in [-0.1, -0.05) is 6.92 Å². The Morgan fingerprint density at radius 1 is 1.35 bits per heavy atom. The molecule has 0 aliphatic rings. The number of esters is 1. The van der Waals surface area contributed by atoms with Crippen LogP contribution < -0.4 is 5.32 Å².